The van der Waals surface area contributed by atoms with Crippen LogP contribution in [-0.4, -0.2) is 17.4 Å². The van der Waals surface area contributed by atoms with Crippen molar-refractivity contribution >= 4 is 5.91 Å². The van der Waals surface area contributed by atoms with Crippen LogP contribution < -0.4 is 0 Å². The minimum atomic E-state index is 0. The van der Waals surface area contributed by atoms with Crippen LogP contribution in [0.25, 0.3) is 0 Å². The standard InChI is InChI=1S/C6H9NO.Mn/c1-2-7-5-3-4-6(7)8;/h2H,1,3-5H2;. The molecule has 0 aromatic rings. The van der Waals surface area contributed by atoms with Gasteiger partial charge in [-0.05, 0) is 12.6 Å². The van der Waals surface area contributed by atoms with E-state index in [1.54, 1.807) is 11.1 Å². The number of hydrogen-bond acceptors (Lipinski definition) is 1. The number of carbonyl (C=O) groups is 1. The number of amides is 1. The van der Waals surface area contributed by atoms with Gasteiger partial charge in [-0.1, -0.05) is 6.58 Å². The van der Waals surface area contributed by atoms with Gasteiger partial charge in [-0.3, -0.25) is 4.79 Å². The van der Waals surface area contributed by atoms with E-state index < -0.39 is 0 Å². The van der Waals surface area contributed by atoms with Gasteiger partial charge in [-0.25, -0.2) is 0 Å². The summed E-state index contributed by atoms with van der Waals surface area (Å²) in [7, 11) is 0. The molecule has 1 rings (SSSR count). The van der Waals surface area contributed by atoms with Gasteiger partial charge in [0.05, 0.1) is 0 Å². The molecule has 3 heteroatoms. The van der Waals surface area contributed by atoms with E-state index in [9.17, 15) is 4.79 Å². The SMILES string of the molecule is C=CN1CCCC1=O.[Mn]. The Morgan fingerprint density at radius 1 is 1.67 bits per heavy atom. The van der Waals surface area contributed by atoms with Crippen molar-refractivity contribution in [3.05, 3.63) is 12.8 Å². The number of hydrogen-bond donors (Lipinski definition) is 0. The van der Waals surface area contributed by atoms with E-state index in [1.807, 2.05) is 0 Å². The fourth-order valence-corrected chi connectivity index (χ4v) is 0.862. The molecule has 0 bridgehead atoms. The monoisotopic (exact) mass is 166 g/mol. The van der Waals surface area contributed by atoms with Gasteiger partial charge in [-0.2, -0.15) is 0 Å². The Balaban J connectivity index is 0.000000640. The summed E-state index contributed by atoms with van der Waals surface area (Å²) >= 11 is 0. The summed E-state index contributed by atoms with van der Waals surface area (Å²) < 4.78 is 0. The summed E-state index contributed by atoms with van der Waals surface area (Å²) in [5, 5.41) is 0. The van der Waals surface area contributed by atoms with Gasteiger partial charge in [0.1, 0.15) is 0 Å². The quantitative estimate of drug-likeness (QED) is 0.526. The third-order valence-electron chi connectivity index (χ3n) is 1.33. The maximum atomic E-state index is 10.7. The van der Waals surface area contributed by atoms with Crippen molar-refractivity contribution in [2.75, 3.05) is 6.54 Å². The summed E-state index contributed by atoms with van der Waals surface area (Å²) in [6.45, 7) is 4.36. The van der Waals surface area contributed by atoms with Crippen LogP contribution in [0.4, 0.5) is 0 Å². The summed E-state index contributed by atoms with van der Waals surface area (Å²) in [4.78, 5) is 12.3. The molecule has 1 aliphatic rings. The molecule has 1 fully saturated rings. The van der Waals surface area contributed by atoms with E-state index in [4.69, 9.17) is 0 Å². The van der Waals surface area contributed by atoms with Crippen molar-refractivity contribution in [3.63, 3.8) is 0 Å². The largest absolute Gasteiger partial charge is 0.320 e. The summed E-state index contributed by atoms with van der Waals surface area (Å²) in [5.41, 5.74) is 0. The maximum Gasteiger partial charge on any atom is 0.226 e. The molecule has 1 aliphatic heterocycles. The van der Waals surface area contributed by atoms with E-state index in [-0.39, 0.29) is 23.0 Å². The van der Waals surface area contributed by atoms with Gasteiger partial charge in [0.15, 0.2) is 0 Å². The van der Waals surface area contributed by atoms with Crippen LogP contribution in [0.3, 0.4) is 0 Å². The van der Waals surface area contributed by atoms with Crippen LogP contribution in [0.5, 0.6) is 0 Å². The Kier molecular flexibility index (Phi) is 3.59. The minimum Gasteiger partial charge on any atom is -0.320 e. The van der Waals surface area contributed by atoms with Crippen LogP contribution in [0.2, 0.25) is 0 Å². The second kappa shape index (κ2) is 3.70. The smallest absolute Gasteiger partial charge is 0.226 e. The van der Waals surface area contributed by atoms with Gasteiger partial charge < -0.3 is 4.90 Å². The third kappa shape index (κ3) is 1.84. The Bertz CT molecular complexity index is 124. The first-order valence-corrected chi connectivity index (χ1v) is 2.76. The average molecular weight is 166 g/mol. The summed E-state index contributed by atoms with van der Waals surface area (Å²) in [6.07, 6.45) is 3.28. The molecular weight excluding hydrogens is 157 g/mol. The van der Waals surface area contributed by atoms with Crippen LogP contribution in [0.15, 0.2) is 12.8 Å². The molecule has 2 nitrogen and oxygen atoms in total. The Morgan fingerprint density at radius 3 is 2.56 bits per heavy atom. The van der Waals surface area contributed by atoms with E-state index in [0.29, 0.717) is 6.42 Å². The molecule has 0 spiro atoms. The fraction of sp³-hybridized carbons (Fsp3) is 0.500. The molecule has 0 aromatic heterocycles. The number of nitrogens with zero attached hydrogens (tertiary/aromatic N) is 1. The molecule has 0 saturated carbocycles. The van der Waals surface area contributed by atoms with Crippen LogP contribution >= 0.6 is 0 Å². The first-order chi connectivity index (χ1) is 3.84. The van der Waals surface area contributed by atoms with Gasteiger partial charge in [0.2, 0.25) is 5.91 Å². The van der Waals surface area contributed by atoms with Crippen molar-refractivity contribution in [2.45, 2.75) is 12.8 Å². The molecule has 1 saturated heterocycles. The molecule has 51 valence electrons. The molecular formula is C6H9MnNO. The van der Waals surface area contributed by atoms with Crippen molar-refractivity contribution in [1.29, 1.82) is 0 Å². The molecule has 0 unspecified atom stereocenters. The van der Waals surface area contributed by atoms with Crippen LogP contribution in [-0.2, 0) is 21.9 Å². The first kappa shape index (κ1) is 8.73. The summed E-state index contributed by atoms with van der Waals surface area (Å²) in [6, 6.07) is 0. The van der Waals surface area contributed by atoms with Gasteiger partial charge >= 0.3 is 0 Å². The molecule has 1 heterocycles. The second-order valence-electron chi connectivity index (χ2n) is 1.87. The van der Waals surface area contributed by atoms with Gasteiger partial charge in [-0.15, -0.1) is 0 Å². The zero-order chi connectivity index (χ0) is 5.98. The van der Waals surface area contributed by atoms with Gasteiger partial charge in [0, 0.05) is 30.0 Å². The van der Waals surface area contributed by atoms with Crippen LogP contribution in [0, 0.1) is 0 Å². The van der Waals surface area contributed by atoms with E-state index in [0.717, 1.165) is 13.0 Å². The first-order valence-electron chi connectivity index (χ1n) is 2.76. The Labute approximate surface area is 65.4 Å². The zero-order valence-electron chi connectivity index (χ0n) is 5.14. The maximum absolute atomic E-state index is 10.7. The molecule has 9 heavy (non-hydrogen) atoms. The predicted octanol–water partition coefficient (Wildman–Crippen LogP) is 0.750. The number of likely N-dealkylation sites (tertiary alicyclic amines) is 1. The summed E-state index contributed by atoms with van der Waals surface area (Å²) in [5.74, 6) is 0.208. The zero-order valence-corrected chi connectivity index (χ0v) is 6.32. The molecule has 0 aliphatic carbocycles. The second-order valence-corrected chi connectivity index (χ2v) is 1.87. The Hall–Kier alpha value is -0.271. The number of carbonyl (C=O) groups excluding carboxylic acids is 1. The normalized spacial score (nSPS) is 17.3. The average Bonchev–Trinajstić information content (AvgIpc) is 2.14. The topological polar surface area (TPSA) is 20.3 Å². The minimum absolute atomic E-state index is 0. The third-order valence-corrected chi connectivity index (χ3v) is 1.33. The molecule has 1 radical (unpaired) electrons. The van der Waals surface area contributed by atoms with Crippen molar-refractivity contribution < 1.29 is 21.9 Å². The predicted molar refractivity (Wildman–Crippen MR) is 31.1 cm³/mol. The molecule has 1 amide bonds. The van der Waals surface area contributed by atoms with Crippen molar-refractivity contribution in [1.82, 2.24) is 4.90 Å². The molecule has 0 N–H and O–H groups in total. The Morgan fingerprint density at radius 2 is 2.33 bits per heavy atom. The van der Waals surface area contributed by atoms with Crippen molar-refractivity contribution in [3.8, 4) is 0 Å². The van der Waals surface area contributed by atoms with E-state index in [1.165, 1.54) is 0 Å². The molecule has 0 atom stereocenters. The van der Waals surface area contributed by atoms with E-state index >= 15 is 0 Å². The molecule has 0 aromatic carbocycles. The van der Waals surface area contributed by atoms with E-state index in [2.05, 4.69) is 6.58 Å². The number of rotatable bonds is 1. The van der Waals surface area contributed by atoms with Crippen molar-refractivity contribution in [2.24, 2.45) is 0 Å². The van der Waals surface area contributed by atoms with Gasteiger partial charge in [0.25, 0.3) is 0 Å². The fourth-order valence-electron chi connectivity index (χ4n) is 0.862. The van der Waals surface area contributed by atoms with Crippen LogP contribution in [0.1, 0.15) is 12.8 Å².